The summed E-state index contributed by atoms with van der Waals surface area (Å²) in [5.41, 5.74) is 6.05. The highest BCUT2D eigenvalue weighted by atomic mass is 35.5. The van der Waals surface area contributed by atoms with Crippen molar-refractivity contribution in [2.75, 3.05) is 33.3 Å². The number of carbonyl (C=O) groups is 3. The molecule has 9 nitrogen and oxygen atoms in total. The summed E-state index contributed by atoms with van der Waals surface area (Å²) >= 11 is 7.15. The first-order valence-corrected chi connectivity index (χ1v) is 11.4. The molecule has 166 valence electrons. The minimum Gasteiger partial charge on any atom is -0.481 e. The van der Waals surface area contributed by atoms with Crippen LogP contribution < -0.4 is 10.5 Å². The molecular formula is C20H24ClN5O4S. The topological polar surface area (TPSA) is 118 Å². The number of rotatable bonds is 4. The lowest BCUT2D eigenvalue weighted by molar-refractivity contribution is -0.132. The van der Waals surface area contributed by atoms with Crippen LogP contribution in [0.2, 0.25) is 5.15 Å². The summed E-state index contributed by atoms with van der Waals surface area (Å²) in [5.74, 6) is -0.160. The second-order valence-corrected chi connectivity index (χ2v) is 9.79. The van der Waals surface area contributed by atoms with Gasteiger partial charge in [0.25, 0.3) is 11.8 Å². The largest absolute Gasteiger partial charge is 0.481 e. The number of thioether (sulfide) groups is 1. The fourth-order valence-corrected chi connectivity index (χ4v) is 5.46. The summed E-state index contributed by atoms with van der Waals surface area (Å²) in [6, 6.07) is 3.14. The second kappa shape index (κ2) is 8.66. The maximum absolute atomic E-state index is 12.9. The van der Waals surface area contributed by atoms with Crippen molar-refractivity contribution >= 4 is 46.3 Å². The Bertz CT molecular complexity index is 947. The molecule has 1 spiro atoms. The summed E-state index contributed by atoms with van der Waals surface area (Å²) in [4.78, 5) is 48.8. The predicted octanol–water partition coefficient (Wildman–Crippen LogP) is 1.55. The zero-order valence-electron chi connectivity index (χ0n) is 17.2. The molecular weight excluding hydrogens is 442 g/mol. The summed E-state index contributed by atoms with van der Waals surface area (Å²) in [5, 5.41) is -0.0641. The van der Waals surface area contributed by atoms with Crippen LogP contribution in [0.1, 0.15) is 36.0 Å². The Hall–Kier alpha value is -2.33. The number of halogens is 1. The van der Waals surface area contributed by atoms with Gasteiger partial charge in [-0.15, -0.1) is 0 Å². The number of pyridine rings is 1. The van der Waals surface area contributed by atoms with E-state index in [0.29, 0.717) is 37.6 Å². The number of amidine groups is 1. The Labute approximate surface area is 189 Å². The Morgan fingerprint density at radius 3 is 2.55 bits per heavy atom. The van der Waals surface area contributed by atoms with Crippen molar-refractivity contribution in [2.24, 2.45) is 16.1 Å². The summed E-state index contributed by atoms with van der Waals surface area (Å²) in [6.45, 7) is 2.56. The minimum absolute atomic E-state index is 0.0162. The van der Waals surface area contributed by atoms with Crippen LogP contribution in [0.4, 0.5) is 0 Å². The lowest BCUT2D eigenvalue weighted by atomic mass is 9.77. The van der Waals surface area contributed by atoms with Crippen molar-refractivity contribution in [3.8, 4) is 5.88 Å². The minimum atomic E-state index is -0.507. The fourth-order valence-electron chi connectivity index (χ4n) is 4.44. The van der Waals surface area contributed by atoms with Crippen molar-refractivity contribution < 1.29 is 19.1 Å². The molecule has 0 aliphatic carbocycles. The zero-order valence-corrected chi connectivity index (χ0v) is 18.7. The molecule has 2 fully saturated rings. The highest BCUT2D eigenvalue weighted by Gasteiger charge is 2.43. The van der Waals surface area contributed by atoms with Gasteiger partial charge in [-0.2, -0.15) is 4.99 Å². The highest BCUT2D eigenvalue weighted by Crippen LogP contribution is 2.41. The SMILES string of the molecule is COc1cc(C(=O)N2CCC3(CCN(C(=O)CC4SC(N)=NC4=O)C3)CC2)cc(Cl)n1. The van der Waals surface area contributed by atoms with Gasteiger partial charge in [-0.25, -0.2) is 4.98 Å². The number of hydrogen-bond donors (Lipinski definition) is 1. The maximum atomic E-state index is 12.9. The first-order valence-electron chi connectivity index (χ1n) is 10.1. The first-order chi connectivity index (χ1) is 14.8. The van der Waals surface area contributed by atoms with E-state index in [9.17, 15) is 14.4 Å². The van der Waals surface area contributed by atoms with Crippen molar-refractivity contribution in [2.45, 2.75) is 30.9 Å². The Balaban J connectivity index is 1.32. The van der Waals surface area contributed by atoms with E-state index in [1.165, 1.54) is 7.11 Å². The molecule has 3 aliphatic heterocycles. The van der Waals surface area contributed by atoms with Gasteiger partial charge in [-0.05, 0) is 30.7 Å². The number of hydrogen-bond acceptors (Lipinski definition) is 7. The van der Waals surface area contributed by atoms with E-state index in [2.05, 4.69) is 9.98 Å². The van der Waals surface area contributed by atoms with Gasteiger partial charge in [0.05, 0.1) is 7.11 Å². The van der Waals surface area contributed by atoms with Crippen LogP contribution in [0.3, 0.4) is 0 Å². The monoisotopic (exact) mass is 465 g/mol. The summed E-state index contributed by atoms with van der Waals surface area (Å²) in [7, 11) is 1.48. The van der Waals surface area contributed by atoms with Crippen LogP contribution in [0.5, 0.6) is 5.88 Å². The van der Waals surface area contributed by atoms with Gasteiger partial charge in [0.1, 0.15) is 10.4 Å². The molecule has 0 aromatic carbocycles. The first kappa shape index (κ1) is 21.9. The molecule has 3 aliphatic rings. The third kappa shape index (κ3) is 4.64. The van der Waals surface area contributed by atoms with Crippen LogP contribution >= 0.6 is 23.4 Å². The van der Waals surface area contributed by atoms with Crippen LogP contribution in [0.15, 0.2) is 17.1 Å². The molecule has 1 aromatic heterocycles. The molecule has 2 saturated heterocycles. The molecule has 0 bridgehead atoms. The molecule has 1 atom stereocenters. The van der Waals surface area contributed by atoms with E-state index in [1.807, 2.05) is 9.80 Å². The van der Waals surface area contributed by atoms with E-state index in [-0.39, 0.29) is 39.9 Å². The third-order valence-corrected chi connectivity index (χ3v) is 7.43. The normalized spacial score (nSPS) is 22.7. The number of ether oxygens (including phenoxy) is 1. The molecule has 0 radical (unpaired) electrons. The van der Waals surface area contributed by atoms with Crippen molar-refractivity contribution in [1.29, 1.82) is 0 Å². The molecule has 0 saturated carbocycles. The van der Waals surface area contributed by atoms with Crippen LogP contribution in [0, 0.1) is 5.41 Å². The van der Waals surface area contributed by atoms with E-state index >= 15 is 0 Å². The average Bonchev–Trinajstić information content (AvgIpc) is 3.30. The molecule has 3 amide bonds. The van der Waals surface area contributed by atoms with Gasteiger partial charge >= 0.3 is 0 Å². The fraction of sp³-hybridized carbons (Fsp3) is 0.550. The maximum Gasteiger partial charge on any atom is 0.262 e. The van der Waals surface area contributed by atoms with Gasteiger partial charge < -0.3 is 20.3 Å². The average molecular weight is 466 g/mol. The van der Waals surface area contributed by atoms with E-state index in [0.717, 1.165) is 31.0 Å². The number of amides is 3. The van der Waals surface area contributed by atoms with Gasteiger partial charge in [-0.1, -0.05) is 23.4 Å². The molecule has 11 heteroatoms. The molecule has 4 heterocycles. The molecule has 2 N–H and O–H groups in total. The van der Waals surface area contributed by atoms with Crippen LogP contribution in [0.25, 0.3) is 0 Å². The number of nitrogens with zero attached hydrogens (tertiary/aromatic N) is 4. The number of methoxy groups -OCH3 is 1. The van der Waals surface area contributed by atoms with Gasteiger partial charge in [0, 0.05) is 44.2 Å². The van der Waals surface area contributed by atoms with Crippen molar-refractivity contribution in [1.82, 2.24) is 14.8 Å². The quantitative estimate of drug-likeness (QED) is 0.670. The molecule has 4 rings (SSSR count). The molecule has 1 unspecified atom stereocenters. The number of aromatic nitrogens is 1. The standard InChI is InChI=1S/C20H24ClN5O4S/c1-30-15-9-12(8-14(21)23-15)18(29)25-5-2-20(3-6-25)4-7-26(11-20)16(27)10-13-17(28)24-19(22)31-13/h8-9,13H,2-7,10-11H2,1H3,(H2,22,24,28). The Morgan fingerprint density at radius 2 is 1.94 bits per heavy atom. The highest BCUT2D eigenvalue weighted by molar-refractivity contribution is 8.15. The predicted molar refractivity (Wildman–Crippen MR) is 117 cm³/mol. The van der Waals surface area contributed by atoms with Gasteiger partial charge in [0.2, 0.25) is 11.8 Å². The second-order valence-electron chi connectivity index (χ2n) is 8.18. The van der Waals surface area contributed by atoms with E-state index < -0.39 is 5.25 Å². The lowest BCUT2D eigenvalue weighted by Gasteiger charge is -2.39. The van der Waals surface area contributed by atoms with Crippen LogP contribution in [-0.2, 0) is 9.59 Å². The van der Waals surface area contributed by atoms with Crippen molar-refractivity contribution in [3.05, 3.63) is 22.8 Å². The number of carbonyl (C=O) groups excluding carboxylic acids is 3. The number of nitrogens with two attached hydrogens (primary N) is 1. The molecule has 1 aromatic rings. The molecule has 31 heavy (non-hydrogen) atoms. The van der Waals surface area contributed by atoms with Gasteiger partial charge in [-0.3, -0.25) is 14.4 Å². The summed E-state index contributed by atoms with van der Waals surface area (Å²) in [6.07, 6.45) is 2.68. The van der Waals surface area contributed by atoms with E-state index in [1.54, 1.807) is 12.1 Å². The van der Waals surface area contributed by atoms with E-state index in [4.69, 9.17) is 22.1 Å². The number of likely N-dealkylation sites (tertiary alicyclic amines) is 2. The Kier molecular flexibility index (Phi) is 6.11. The zero-order chi connectivity index (χ0) is 22.2. The Morgan fingerprint density at radius 1 is 1.26 bits per heavy atom. The van der Waals surface area contributed by atoms with Gasteiger partial charge in [0.15, 0.2) is 5.17 Å². The third-order valence-electron chi connectivity index (χ3n) is 6.25. The van der Waals surface area contributed by atoms with Crippen LogP contribution in [-0.4, -0.2) is 76.2 Å². The van der Waals surface area contributed by atoms with Crippen molar-refractivity contribution in [3.63, 3.8) is 0 Å². The smallest absolute Gasteiger partial charge is 0.262 e. The lowest BCUT2D eigenvalue weighted by Crippen LogP contribution is -2.44. The number of piperidine rings is 1. The number of aliphatic imine (C=N–C) groups is 1. The summed E-state index contributed by atoms with van der Waals surface area (Å²) < 4.78 is 5.10.